The van der Waals surface area contributed by atoms with Gasteiger partial charge in [-0.1, -0.05) is 99.9 Å². The summed E-state index contributed by atoms with van der Waals surface area (Å²) in [7, 11) is 0. The molecule has 0 bridgehead atoms. The van der Waals surface area contributed by atoms with Crippen molar-refractivity contribution in [1.29, 1.82) is 0 Å². The average molecular weight is 396 g/mol. The Morgan fingerprint density at radius 3 is 1.75 bits per heavy atom. The second-order valence-corrected chi connectivity index (χ2v) is 8.04. The van der Waals surface area contributed by atoms with E-state index in [1.165, 1.54) is 94.7 Å². The third-order valence-electron chi connectivity index (χ3n) is 4.78. The Labute approximate surface area is 159 Å². The number of nitrogens with one attached hydrogen (secondary N) is 1. The lowest BCUT2D eigenvalue weighted by Crippen LogP contribution is -2.02. The molecule has 0 fully saturated rings. The minimum Gasteiger partial charge on any atom is -0.385 e. The predicted molar refractivity (Wildman–Crippen MR) is 113 cm³/mol. The molecule has 0 radical (unpaired) electrons. The first kappa shape index (κ1) is 21.5. The zero-order valence-corrected chi connectivity index (χ0v) is 17.6. The molecule has 138 valence electrons. The van der Waals surface area contributed by atoms with E-state index < -0.39 is 0 Å². The van der Waals surface area contributed by atoms with E-state index in [1.54, 1.807) is 0 Å². The standard InChI is InChI=1S/C22H38BrN/c1-3-4-5-6-7-8-9-10-11-12-13-14-15-18-24-22-17-16-21(23)19-20(22)2/h16-17,19,24H,3-15,18H2,1-2H3. The molecule has 0 saturated heterocycles. The third-order valence-corrected chi connectivity index (χ3v) is 5.28. The molecule has 1 N–H and O–H groups in total. The summed E-state index contributed by atoms with van der Waals surface area (Å²) in [6.07, 6.45) is 18.4. The van der Waals surface area contributed by atoms with Crippen molar-refractivity contribution < 1.29 is 0 Å². The van der Waals surface area contributed by atoms with Crippen LogP contribution in [0, 0.1) is 6.92 Å². The molecule has 0 spiro atoms. The van der Waals surface area contributed by atoms with Gasteiger partial charge in [-0.3, -0.25) is 0 Å². The zero-order chi connectivity index (χ0) is 17.5. The molecule has 0 aliphatic carbocycles. The number of anilines is 1. The predicted octanol–water partition coefficient (Wildman–Crippen LogP) is 8.26. The van der Waals surface area contributed by atoms with Crippen molar-refractivity contribution >= 4 is 21.6 Å². The second-order valence-electron chi connectivity index (χ2n) is 7.13. The number of unbranched alkanes of at least 4 members (excludes halogenated alkanes) is 12. The van der Waals surface area contributed by atoms with E-state index in [-0.39, 0.29) is 0 Å². The molecule has 0 aliphatic rings. The summed E-state index contributed by atoms with van der Waals surface area (Å²) in [6, 6.07) is 6.45. The SMILES string of the molecule is CCCCCCCCCCCCCCCNc1ccc(Br)cc1C. The van der Waals surface area contributed by atoms with Crippen LogP contribution in [0.1, 0.15) is 96.0 Å². The average Bonchev–Trinajstić information content (AvgIpc) is 2.57. The lowest BCUT2D eigenvalue weighted by atomic mass is 10.0. The lowest BCUT2D eigenvalue weighted by Gasteiger charge is -2.09. The van der Waals surface area contributed by atoms with Crippen LogP contribution in [0.4, 0.5) is 5.69 Å². The van der Waals surface area contributed by atoms with Crippen molar-refractivity contribution in [3.63, 3.8) is 0 Å². The van der Waals surface area contributed by atoms with E-state index in [9.17, 15) is 0 Å². The molecular weight excluding hydrogens is 358 g/mol. The fourth-order valence-electron chi connectivity index (χ4n) is 3.19. The first-order valence-electron chi connectivity index (χ1n) is 10.2. The van der Waals surface area contributed by atoms with Gasteiger partial charge in [0, 0.05) is 16.7 Å². The Morgan fingerprint density at radius 2 is 1.25 bits per heavy atom. The van der Waals surface area contributed by atoms with E-state index in [2.05, 4.69) is 53.3 Å². The molecule has 0 amide bonds. The highest BCUT2D eigenvalue weighted by molar-refractivity contribution is 9.10. The van der Waals surface area contributed by atoms with Crippen LogP contribution in [-0.4, -0.2) is 6.54 Å². The molecule has 0 heterocycles. The van der Waals surface area contributed by atoms with Gasteiger partial charge in [-0.25, -0.2) is 0 Å². The number of aryl methyl sites for hydroxylation is 1. The molecule has 0 unspecified atom stereocenters. The fourth-order valence-corrected chi connectivity index (χ4v) is 3.67. The summed E-state index contributed by atoms with van der Waals surface area (Å²) in [5.41, 5.74) is 2.59. The summed E-state index contributed by atoms with van der Waals surface area (Å²) in [5, 5.41) is 3.56. The monoisotopic (exact) mass is 395 g/mol. The van der Waals surface area contributed by atoms with E-state index >= 15 is 0 Å². The van der Waals surface area contributed by atoms with Crippen LogP contribution in [0.3, 0.4) is 0 Å². The Balaban J connectivity index is 1.84. The molecule has 1 aromatic rings. The van der Waals surface area contributed by atoms with Gasteiger partial charge in [-0.15, -0.1) is 0 Å². The first-order chi connectivity index (χ1) is 11.7. The Hall–Kier alpha value is -0.500. The van der Waals surface area contributed by atoms with Crippen LogP contribution in [0.25, 0.3) is 0 Å². The summed E-state index contributed by atoms with van der Waals surface area (Å²) >= 11 is 3.52. The fraction of sp³-hybridized carbons (Fsp3) is 0.727. The van der Waals surface area contributed by atoms with Gasteiger partial charge in [0.1, 0.15) is 0 Å². The van der Waals surface area contributed by atoms with Gasteiger partial charge in [0.25, 0.3) is 0 Å². The molecule has 2 heteroatoms. The van der Waals surface area contributed by atoms with Crippen LogP contribution in [0.5, 0.6) is 0 Å². The molecule has 0 atom stereocenters. The molecule has 1 aromatic carbocycles. The highest BCUT2D eigenvalue weighted by Gasteiger charge is 1.98. The maximum absolute atomic E-state index is 3.56. The third kappa shape index (κ3) is 11.1. The largest absolute Gasteiger partial charge is 0.385 e. The van der Waals surface area contributed by atoms with Crippen LogP contribution in [0.2, 0.25) is 0 Å². The number of halogens is 1. The highest BCUT2D eigenvalue weighted by atomic mass is 79.9. The van der Waals surface area contributed by atoms with Crippen LogP contribution >= 0.6 is 15.9 Å². The minimum atomic E-state index is 1.10. The molecule has 24 heavy (non-hydrogen) atoms. The normalized spacial score (nSPS) is 11.0. The minimum absolute atomic E-state index is 1.10. The van der Waals surface area contributed by atoms with Crippen molar-refractivity contribution in [2.24, 2.45) is 0 Å². The van der Waals surface area contributed by atoms with Gasteiger partial charge in [0.15, 0.2) is 0 Å². The number of rotatable bonds is 15. The molecular formula is C22H38BrN. The molecule has 0 saturated carbocycles. The molecule has 1 rings (SSSR count). The van der Waals surface area contributed by atoms with Crippen LogP contribution in [-0.2, 0) is 0 Å². The van der Waals surface area contributed by atoms with Crippen molar-refractivity contribution in [2.75, 3.05) is 11.9 Å². The Bertz CT molecular complexity index is 416. The topological polar surface area (TPSA) is 12.0 Å². The second kappa shape index (κ2) is 14.8. The van der Waals surface area contributed by atoms with Gasteiger partial charge in [0.05, 0.1) is 0 Å². The summed E-state index contributed by atoms with van der Waals surface area (Å²) < 4.78 is 1.16. The van der Waals surface area contributed by atoms with Crippen molar-refractivity contribution in [3.05, 3.63) is 28.2 Å². The van der Waals surface area contributed by atoms with E-state index in [4.69, 9.17) is 0 Å². The number of hydrogen-bond donors (Lipinski definition) is 1. The van der Waals surface area contributed by atoms with E-state index in [0.717, 1.165) is 11.0 Å². The van der Waals surface area contributed by atoms with Gasteiger partial charge in [0.2, 0.25) is 0 Å². The summed E-state index contributed by atoms with van der Waals surface area (Å²) in [5.74, 6) is 0. The van der Waals surface area contributed by atoms with E-state index in [1.807, 2.05) is 0 Å². The molecule has 1 nitrogen and oxygen atoms in total. The maximum Gasteiger partial charge on any atom is 0.0370 e. The molecule has 0 aliphatic heterocycles. The van der Waals surface area contributed by atoms with Crippen molar-refractivity contribution in [1.82, 2.24) is 0 Å². The van der Waals surface area contributed by atoms with Gasteiger partial charge >= 0.3 is 0 Å². The van der Waals surface area contributed by atoms with Gasteiger partial charge in [-0.05, 0) is 37.1 Å². The van der Waals surface area contributed by atoms with E-state index in [0.29, 0.717) is 0 Å². The quantitative estimate of drug-likeness (QED) is 0.294. The number of hydrogen-bond acceptors (Lipinski definition) is 1. The van der Waals surface area contributed by atoms with Gasteiger partial charge < -0.3 is 5.32 Å². The molecule has 0 aromatic heterocycles. The summed E-state index contributed by atoms with van der Waals surface area (Å²) in [6.45, 7) is 5.55. The Kier molecular flexibility index (Phi) is 13.3. The summed E-state index contributed by atoms with van der Waals surface area (Å²) in [4.78, 5) is 0. The number of benzene rings is 1. The van der Waals surface area contributed by atoms with Crippen LogP contribution < -0.4 is 5.32 Å². The first-order valence-corrected chi connectivity index (χ1v) is 11.0. The highest BCUT2D eigenvalue weighted by Crippen LogP contribution is 2.20. The van der Waals surface area contributed by atoms with Crippen LogP contribution in [0.15, 0.2) is 22.7 Å². The Morgan fingerprint density at radius 1 is 0.750 bits per heavy atom. The van der Waals surface area contributed by atoms with Gasteiger partial charge in [-0.2, -0.15) is 0 Å². The van der Waals surface area contributed by atoms with Crippen molar-refractivity contribution in [3.8, 4) is 0 Å². The van der Waals surface area contributed by atoms with Crippen molar-refractivity contribution in [2.45, 2.75) is 97.3 Å². The lowest BCUT2D eigenvalue weighted by molar-refractivity contribution is 0.541. The maximum atomic E-state index is 3.56. The zero-order valence-electron chi connectivity index (χ0n) is 16.0. The smallest absolute Gasteiger partial charge is 0.0370 e.